The summed E-state index contributed by atoms with van der Waals surface area (Å²) in [6.07, 6.45) is 3.66. The minimum atomic E-state index is -1.25. The Balaban J connectivity index is 2.38. The molecule has 1 saturated heterocycles. The molecule has 2 unspecified atom stereocenters. The van der Waals surface area contributed by atoms with Crippen LogP contribution in [0.1, 0.15) is 25.7 Å². The van der Waals surface area contributed by atoms with E-state index < -0.39 is 7.12 Å². The van der Waals surface area contributed by atoms with Crippen LogP contribution in [0, 0.1) is 5.92 Å². The van der Waals surface area contributed by atoms with Gasteiger partial charge in [-0.25, -0.2) is 0 Å². The minimum Gasteiger partial charge on any atom is -0.469 e. The van der Waals surface area contributed by atoms with E-state index in [0.29, 0.717) is 12.7 Å². The molecule has 0 aromatic carbocycles. The van der Waals surface area contributed by atoms with Gasteiger partial charge in [0.25, 0.3) is 0 Å². The summed E-state index contributed by atoms with van der Waals surface area (Å²) in [4.78, 5) is 11.5. The molecular weight excluding hydrogens is 209 g/mol. The number of hydrogen-bond donors (Lipinski definition) is 3. The Bertz CT molecular complexity index is 225. The van der Waals surface area contributed by atoms with Gasteiger partial charge in [-0.2, -0.15) is 0 Å². The average molecular weight is 229 g/mol. The molecular formula is C10H20BNO4. The van der Waals surface area contributed by atoms with Gasteiger partial charge in [0.1, 0.15) is 0 Å². The van der Waals surface area contributed by atoms with E-state index in [2.05, 4.69) is 5.32 Å². The maximum atomic E-state index is 11.5. The van der Waals surface area contributed by atoms with Crippen molar-refractivity contribution >= 4 is 13.1 Å². The zero-order valence-electron chi connectivity index (χ0n) is 9.69. The third-order valence-corrected chi connectivity index (χ3v) is 3.07. The van der Waals surface area contributed by atoms with Gasteiger partial charge < -0.3 is 20.1 Å². The lowest BCUT2D eigenvalue weighted by Crippen LogP contribution is -2.45. The SMILES string of the molecule is COC(=O)C1CCCNC1CCCB(O)O. The first-order chi connectivity index (χ1) is 7.65. The van der Waals surface area contributed by atoms with Crippen molar-refractivity contribution in [3.05, 3.63) is 0 Å². The van der Waals surface area contributed by atoms with Gasteiger partial charge in [0.05, 0.1) is 13.0 Å². The Hall–Kier alpha value is -0.585. The van der Waals surface area contributed by atoms with Gasteiger partial charge in [-0.15, -0.1) is 0 Å². The molecule has 0 saturated carbocycles. The molecule has 6 heteroatoms. The second kappa shape index (κ2) is 6.88. The summed E-state index contributed by atoms with van der Waals surface area (Å²) in [6.45, 7) is 0.917. The lowest BCUT2D eigenvalue weighted by molar-refractivity contribution is -0.147. The summed E-state index contributed by atoms with van der Waals surface area (Å²) in [6, 6.07) is 0.111. The van der Waals surface area contributed by atoms with E-state index in [4.69, 9.17) is 14.8 Å². The van der Waals surface area contributed by atoms with E-state index >= 15 is 0 Å². The van der Waals surface area contributed by atoms with Crippen molar-refractivity contribution in [3.8, 4) is 0 Å². The molecule has 0 amide bonds. The highest BCUT2D eigenvalue weighted by Gasteiger charge is 2.31. The number of esters is 1. The van der Waals surface area contributed by atoms with Crippen molar-refractivity contribution in [2.45, 2.75) is 38.0 Å². The molecule has 1 aliphatic heterocycles. The average Bonchev–Trinajstić information content (AvgIpc) is 2.28. The van der Waals surface area contributed by atoms with Crippen molar-refractivity contribution in [1.82, 2.24) is 5.32 Å². The first kappa shape index (κ1) is 13.5. The molecule has 1 rings (SSSR count). The van der Waals surface area contributed by atoms with Crippen LogP contribution in [0.4, 0.5) is 0 Å². The largest absolute Gasteiger partial charge is 0.469 e. The van der Waals surface area contributed by atoms with E-state index in [0.717, 1.165) is 25.8 Å². The summed E-state index contributed by atoms with van der Waals surface area (Å²) < 4.78 is 4.77. The number of nitrogens with one attached hydrogen (secondary N) is 1. The van der Waals surface area contributed by atoms with Crippen molar-refractivity contribution in [3.63, 3.8) is 0 Å². The number of piperidine rings is 1. The van der Waals surface area contributed by atoms with Crippen molar-refractivity contribution < 1.29 is 19.6 Å². The first-order valence-electron chi connectivity index (χ1n) is 5.82. The Morgan fingerprint density at radius 1 is 1.56 bits per heavy atom. The molecule has 5 nitrogen and oxygen atoms in total. The fourth-order valence-corrected chi connectivity index (χ4v) is 2.21. The summed E-state index contributed by atoms with van der Waals surface area (Å²) >= 11 is 0. The third kappa shape index (κ3) is 4.12. The summed E-state index contributed by atoms with van der Waals surface area (Å²) in [7, 11) is 0.158. The standard InChI is InChI=1S/C10H20BNO4/c1-16-10(13)8-4-3-7-12-9(8)5-2-6-11(14)15/h8-9,12,14-15H,2-7H2,1H3. The van der Waals surface area contributed by atoms with Crippen LogP contribution in [0.15, 0.2) is 0 Å². The molecule has 1 fully saturated rings. The van der Waals surface area contributed by atoms with Crippen LogP contribution in [0.25, 0.3) is 0 Å². The van der Waals surface area contributed by atoms with Crippen molar-refractivity contribution in [1.29, 1.82) is 0 Å². The maximum Gasteiger partial charge on any atom is 0.451 e. The molecule has 16 heavy (non-hydrogen) atoms. The zero-order valence-corrected chi connectivity index (χ0v) is 9.69. The summed E-state index contributed by atoms with van der Waals surface area (Å²) in [5.41, 5.74) is 0. The quantitative estimate of drug-likeness (QED) is 0.448. The predicted octanol–water partition coefficient (Wildman–Crippen LogP) is -0.219. The fraction of sp³-hybridized carbons (Fsp3) is 0.900. The van der Waals surface area contributed by atoms with Crippen LogP contribution >= 0.6 is 0 Å². The van der Waals surface area contributed by atoms with Gasteiger partial charge in [0, 0.05) is 6.04 Å². The zero-order chi connectivity index (χ0) is 12.0. The van der Waals surface area contributed by atoms with Gasteiger partial charge in [-0.1, -0.05) is 6.42 Å². The van der Waals surface area contributed by atoms with Gasteiger partial charge in [-0.3, -0.25) is 4.79 Å². The number of rotatable bonds is 5. The second-order valence-corrected chi connectivity index (χ2v) is 4.24. The molecule has 0 aromatic heterocycles. The van der Waals surface area contributed by atoms with E-state index in [9.17, 15) is 4.79 Å². The highest BCUT2D eigenvalue weighted by atomic mass is 16.5. The van der Waals surface area contributed by atoms with E-state index in [1.54, 1.807) is 0 Å². The molecule has 0 aromatic rings. The number of carbonyl (C=O) groups excluding carboxylic acids is 1. The second-order valence-electron chi connectivity index (χ2n) is 4.24. The molecule has 2 atom stereocenters. The topological polar surface area (TPSA) is 78.8 Å². The number of carbonyl (C=O) groups is 1. The maximum absolute atomic E-state index is 11.5. The van der Waals surface area contributed by atoms with Crippen LogP contribution in [-0.2, 0) is 9.53 Å². The predicted molar refractivity (Wildman–Crippen MR) is 60.8 cm³/mol. The molecule has 0 radical (unpaired) electrons. The summed E-state index contributed by atoms with van der Waals surface area (Å²) in [5.74, 6) is -0.253. The molecule has 3 N–H and O–H groups in total. The first-order valence-corrected chi connectivity index (χ1v) is 5.82. The number of methoxy groups -OCH3 is 1. The Kier molecular flexibility index (Phi) is 5.80. The van der Waals surface area contributed by atoms with Gasteiger partial charge in [-0.05, 0) is 32.1 Å². The van der Waals surface area contributed by atoms with Gasteiger partial charge >= 0.3 is 13.1 Å². The van der Waals surface area contributed by atoms with Gasteiger partial charge in [0.15, 0.2) is 0 Å². The van der Waals surface area contributed by atoms with Crippen molar-refractivity contribution in [2.75, 3.05) is 13.7 Å². The molecule has 1 aliphatic rings. The van der Waals surface area contributed by atoms with E-state index in [1.165, 1.54) is 7.11 Å². The highest BCUT2D eigenvalue weighted by Crippen LogP contribution is 2.22. The minimum absolute atomic E-state index is 0.0883. The number of hydrogen-bond acceptors (Lipinski definition) is 5. The van der Waals surface area contributed by atoms with Crippen LogP contribution in [0.5, 0.6) is 0 Å². The molecule has 1 heterocycles. The van der Waals surface area contributed by atoms with Crippen LogP contribution in [0.3, 0.4) is 0 Å². The lowest BCUT2D eigenvalue weighted by atomic mass is 9.80. The monoisotopic (exact) mass is 229 g/mol. The van der Waals surface area contributed by atoms with Crippen LogP contribution in [-0.4, -0.2) is 42.8 Å². The van der Waals surface area contributed by atoms with Gasteiger partial charge in [0.2, 0.25) is 0 Å². The fourth-order valence-electron chi connectivity index (χ4n) is 2.21. The molecule has 92 valence electrons. The van der Waals surface area contributed by atoms with Crippen LogP contribution < -0.4 is 5.32 Å². The smallest absolute Gasteiger partial charge is 0.451 e. The normalized spacial score (nSPS) is 25.2. The highest BCUT2D eigenvalue weighted by molar-refractivity contribution is 6.40. The molecule has 0 aliphatic carbocycles. The van der Waals surface area contributed by atoms with Crippen molar-refractivity contribution in [2.24, 2.45) is 5.92 Å². The Morgan fingerprint density at radius 3 is 2.94 bits per heavy atom. The molecule has 0 bridgehead atoms. The Morgan fingerprint density at radius 2 is 2.31 bits per heavy atom. The summed E-state index contributed by atoms with van der Waals surface area (Å²) in [5, 5.41) is 20.8. The lowest BCUT2D eigenvalue weighted by Gasteiger charge is -2.30. The van der Waals surface area contributed by atoms with E-state index in [-0.39, 0.29) is 17.9 Å². The molecule has 0 spiro atoms. The van der Waals surface area contributed by atoms with Crippen LogP contribution in [0.2, 0.25) is 6.32 Å². The Labute approximate surface area is 96.3 Å². The van der Waals surface area contributed by atoms with E-state index in [1.807, 2.05) is 0 Å². The number of ether oxygens (including phenoxy) is 1. The third-order valence-electron chi connectivity index (χ3n) is 3.07.